The second-order valence-corrected chi connectivity index (χ2v) is 6.45. The van der Waals surface area contributed by atoms with Crippen molar-refractivity contribution in [2.75, 3.05) is 0 Å². The number of benzene rings is 3. The number of halogens is 1. The number of hydrogen-bond acceptors (Lipinski definition) is 0. The van der Waals surface area contributed by atoms with Gasteiger partial charge in [-0.1, -0.05) is 83.5 Å². The van der Waals surface area contributed by atoms with E-state index in [1.165, 1.54) is 37.5 Å². The summed E-state index contributed by atoms with van der Waals surface area (Å²) in [4.78, 5) is 0. The van der Waals surface area contributed by atoms with Crippen molar-refractivity contribution in [2.45, 2.75) is 12.8 Å². The molecule has 0 saturated heterocycles. The fraction of sp³-hybridized carbons (Fsp3) is 0.100. The lowest BCUT2D eigenvalue weighted by molar-refractivity contribution is 0.992. The van der Waals surface area contributed by atoms with Crippen LogP contribution in [-0.2, 0) is 0 Å². The molecule has 3 aromatic rings. The van der Waals surface area contributed by atoms with Crippen molar-refractivity contribution in [1.82, 2.24) is 0 Å². The van der Waals surface area contributed by atoms with Crippen LogP contribution >= 0.6 is 15.9 Å². The van der Waals surface area contributed by atoms with Gasteiger partial charge < -0.3 is 0 Å². The lowest BCUT2D eigenvalue weighted by Gasteiger charge is -2.16. The highest BCUT2D eigenvalue weighted by atomic mass is 79.9. The lowest BCUT2D eigenvalue weighted by Crippen LogP contribution is -1.94. The second kappa shape index (κ2) is 4.85. The average molecular weight is 335 g/mol. The van der Waals surface area contributed by atoms with Gasteiger partial charge in [-0.25, -0.2) is 0 Å². The molecule has 0 fully saturated rings. The molecule has 1 unspecified atom stereocenters. The summed E-state index contributed by atoms with van der Waals surface area (Å²) in [5.41, 5.74) is 5.43. The first-order valence-corrected chi connectivity index (χ1v) is 8.04. The third-order valence-corrected chi connectivity index (χ3v) is 5.01. The largest absolute Gasteiger partial charge is 0.0766 e. The summed E-state index contributed by atoms with van der Waals surface area (Å²) in [6.45, 7) is 2.27. The first kappa shape index (κ1) is 12.8. The predicted molar refractivity (Wildman–Crippen MR) is 94.5 cm³/mol. The maximum absolute atomic E-state index is 3.68. The van der Waals surface area contributed by atoms with Gasteiger partial charge in [-0.05, 0) is 39.1 Å². The molecule has 0 nitrogen and oxygen atoms in total. The molecule has 1 heteroatoms. The molecular weight excluding hydrogens is 320 g/mol. The van der Waals surface area contributed by atoms with Crippen LogP contribution in [0.3, 0.4) is 0 Å². The van der Waals surface area contributed by atoms with Crippen molar-refractivity contribution in [3.63, 3.8) is 0 Å². The van der Waals surface area contributed by atoms with Gasteiger partial charge in [-0.3, -0.25) is 0 Å². The van der Waals surface area contributed by atoms with Crippen LogP contribution < -0.4 is 0 Å². The summed E-state index contributed by atoms with van der Waals surface area (Å²) in [6, 6.07) is 19.6. The van der Waals surface area contributed by atoms with Gasteiger partial charge in [0.2, 0.25) is 0 Å². The third kappa shape index (κ3) is 1.96. The Morgan fingerprint density at radius 3 is 2.57 bits per heavy atom. The van der Waals surface area contributed by atoms with Crippen LogP contribution in [-0.4, -0.2) is 0 Å². The Morgan fingerprint density at radius 1 is 0.857 bits per heavy atom. The molecule has 3 aromatic carbocycles. The molecule has 0 bridgehead atoms. The average Bonchev–Trinajstić information content (AvgIpc) is 2.91. The van der Waals surface area contributed by atoms with Crippen molar-refractivity contribution >= 4 is 32.8 Å². The van der Waals surface area contributed by atoms with Crippen LogP contribution in [0.2, 0.25) is 0 Å². The molecule has 4 rings (SSSR count). The first-order chi connectivity index (χ1) is 10.3. The minimum atomic E-state index is 0.464. The van der Waals surface area contributed by atoms with Crippen molar-refractivity contribution in [3.8, 4) is 11.1 Å². The van der Waals surface area contributed by atoms with Crippen molar-refractivity contribution in [3.05, 3.63) is 76.3 Å². The highest BCUT2D eigenvalue weighted by Crippen LogP contribution is 2.42. The highest BCUT2D eigenvalue weighted by molar-refractivity contribution is 9.10. The fourth-order valence-corrected chi connectivity index (χ4v) is 3.78. The molecule has 0 saturated carbocycles. The molecule has 102 valence electrons. The molecule has 1 aliphatic rings. The van der Waals surface area contributed by atoms with E-state index in [2.05, 4.69) is 89.6 Å². The van der Waals surface area contributed by atoms with Gasteiger partial charge in [0.25, 0.3) is 0 Å². The Kier molecular flexibility index (Phi) is 2.97. The minimum absolute atomic E-state index is 0.464. The molecule has 21 heavy (non-hydrogen) atoms. The summed E-state index contributed by atoms with van der Waals surface area (Å²) in [7, 11) is 0. The van der Waals surface area contributed by atoms with Gasteiger partial charge in [-0.15, -0.1) is 0 Å². The first-order valence-electron chi connectivity index (χ1n) is 7.24. The number of allylic oxidation sites excluding steroid dienone is 1. The smallest absolute Gasteiger partial charge is 0.0251 e. The molecule has 0 N–H and O–H groups in total. The minimum Gasteiger partial charge on any atom is -0.0766 e. The van der Waals surface area contributed by atoms with Gasteiger partial charge in [0, 0.05) is 10.4 Å². The summed E-state index contributed by atoms with van der Waals surface area (Å²) >= 11 is 3.68. The fourth-order valence-electron chi connectivity index (χ4n) is 3.30. The van der Waals surface area contributed by atoms with Crippen LogP contribution in [0.5, 0.6) is 0 Å². The van der Waals surface area contributed by atoms with Gasteiger partial charge in [0.05, 0.1) is 0 Å². The van der Waals surface area contributed by atoms with Crippen molar-refractivity contribution in [1.29, 1.82) is 0 Å². The number of rotatable bonds is 1. The van der Waals surface area contributed by atoms with Gasteiger partial charge >= 0.3 is 0 Å². The zero-order valence-corrected chi connectivity index (χ0v) is 13.4. The van der Waals surface area contributed by atoms with Gasteiger partial charge in [0.1, 0.15) is 0 Å². The third-order valence-electron chi connectivity index (χ3n) is 4.32. The van der Waals surface area contributed by atoms with Gasteiger partial charge in [0.15, 0.2) is 0 Å². The lowest BCUT2D eigenvalue weighted by atomic mass is 9.89. The molecule has 0 aromatic heterocycles. The maximum atomic E-state index is 3.68. The molecule has 0 spiro atoms. The monoisotopic (exact) mass is 334 g/mol. The molecule has 0 aliphatic heterocycles. The molecular formula is C20H15Br. The summed E-state index contributed by atoms with van der Waals surface area (Å²) in [6.07, 6.45) is 4.52. The number of fused-ring (bicyclic) bond motifs is 2. The summed E-state index contributed by atoms with van der Waals surface area (Å²) in [5.74, 6) is 0.464. The topological polar surface area (TPSA) is 0 Å². The van der Waals surface area contributed by atoms with E-state index in [0.717, 1.165) is 0 Å². The maximum Gasteiger partial charge on any atom is 0.0251 e. The summed E-state index contributed by atoms with van der Waals surface area (Å²) < 4.78 is 1.18. The molecule has 0 radical (unpaired) electrons. The van der Waals surface area contributed by atoms with E-state index in [4.69, 9.17) is 0 Å². The van der Waals surface area contributed by atoms with Gasteiger partial charge in [-0.2, -0.15) is 0 Å². The van der Waals surface area contributed by atoms with Crippen molar-refractivity contribution < 1.29 is 0 Å². The molecule has 0 heterocycles. The molecule has 0 amide bonds. The van der Waals surface area contributed by atoms with E-state index in [1.54, 1.807) is 0 Å². The van der Waals surface area contributed by atoms with Crippen molar-refractivity contribution in [2.24, 2.45) is 0 Å². The van der Waals surface area contributed by atoms with Crippen LogP contribution in [0.1, 0.15) is 24.0 Å². The van der Waals surface area contributed by atoms with Crippen LogP contribution in [0.15, 0.2) is 65.1 Å². The SMILES string of the molecule is CC1C=Cc2c(Br)ccc(-c3cccc4ccccc34)c21. The summed E-state index contributed by atoms with van der Waals surface area (Å²) in [5, 5.41) is 2.62. The van der Waals surface area contributed by atoms with E-state index in [0.29, 0.717) is 5.92 Å². The van der Waals surface area contributed by atoms with Crippen LogP contribution in [0, 0.1) is 0 Å². The quantitative estimate of drug-likeness (QED) is 0.483. The zero-order chi connectivity index (χ0) is 14.4. The van der Waals surface area contributed by atoms with E-state index >= 15 is 0 Å². The van der Waals surface area contributed by atoms with Crippen LogP contribution in [0.25, 0.3) is 28.0 Å². The molecule has 1 aliphatic carbocycles. The van der Waals surface area contributed by atoms with E-state index < -0.39 is 0 Å². The predicted octanol–water partition coefficient (Wildman–Crippen LogP) is 6.40. The van der Waals surface area contributed by atoms with E-state index in [9.17, 15) is 0 Å². The standard InChI is InChI=1S/C20H15Br/c1-13-9-10-18-19(21)12-11-17(20(13)18)16-8-4-6-14-5-2-3-7-15(14)16/h2-13H,1H3. The Morgan fingerprint density at radius 2 is 1.67 bits per heavy atom. The number of hydrogen-bond donors (Lipinski definition) is 0. The Balaban J connectivity index is 2.06. The Labute approximate surface area is 133 Å². The molecule has 1 atom stereocenters. The Hall–Kier alpha value is -1.86. The van der Waals surface area contributed by atoms with E-state index in [1.807, 2.05) is 0 Å². The normalized spacial score (nSPS) is 16.4. The highest BCUT2D eigenvalue weighted by Gasteiger charge is 2.20. The van der Waals surface area contributed by atoms with E-state index in [-0.39, 0.29) is 0 Å². The Bertz CT molecular complexity index is 869. The second-order valence-electron chi connectivity index (χ2n) is 5.60. The van der Waals surface area contributed by atoms with Crippen LogP contribution in [0.4, 0.5) is 0 Å². The zero-order valence-electron chi connectivity index (χ0n) is 11.8.